The van der Waals surface area contributed by atoms with Gasteiger partial charge in [0.15, 0.2) is 0 Å². The molecule has 108 valence electrons. The highest BCUT2D eigenvalue weighted by Gasteiger charge is 2.32. The lowest BCUT2D eigenvalue weighted by Gasteiger charge is -2.44. The van der Waals surface area contributed by atoms with Crippen molar-refractivity contribution in [3.63, 3.8) is 0 Å². The van der Waals surface area contributed by atoms with Crippen molar-refractivity contribution in [1.29, 1.82) is 0 Å². The SMILES string of the molecule is CCCNCC(C)(C)CN1CC(C)CC(C)C1C. The van der Waals surface area contributed by atoms with Gasteiger partial charge in [-0.05, 0) is 43.6 Å². The first kappa shape index (κ1) is 16.0. The predicted molar refractivity (Wildman–Crippen MR) is 80.9 cm³/mol. The van der Waals surface area contributed by atoms with Crippen LogP contribution in [0.3, 0.4) is 0 Å². The van der Waals surface area contributed by atoms with Gasteiger partial charge in [0.1, 0.15) is 0 Å². The summed E-state index contributed by atoms with van der Waals surface area (Å²) in [6.45, 7) is 19.0. The maximum Gasteiger partial charge on any atom is 0.00930 e. The molecule has 1 heterocycles. The van der Waals surface area contributed by atoms with Crippen LogP contribution in [0.1, 0.15) is 54.4 Å². The summed E-state index contributed by atoms with van der Waals surface area (Å²) in [5.41, 5.74) is 0.375. The van der Waals surface area contributed by atoms with Crippen LogP contribution < -0.4 is 5.32 Å². The van der Waals surface area contributed by atoms with Gasteiger partial charge in [-0.2, -0.15) is 0 Å². The summed E-state index contributed by atoms with van der Waals surface area (Å²) >= 11 is 0. The van der Waals surface area contributed by atoms with E-state index in [2.05, 4.69) is 51.8 Å². The molecule has 1 aliphatic rings. The highest BCUT2D eigenvalue weighted by molar-refractivity contribution is 4.86. The van der Waals surface area contributed by atoms with Gasteiger partial charge in [0.25, 0.3) is 0 Å². The monoisotopic (exact) mass is 254 g/mol. The first-order valence-electron chi connectivity index (χ1n) is 7.80. The summed E-state index contributed by atoms with van der Waals surface area (Å²) < 4.78 is 0. The summed E-state index contributed by atoms with van der Waals surface area (Å²) in [7, 11) is 0. The Kier molecular flexibility index (Phi) is 6.13. The number of hydrogen-bond acceptors (Lipinski definition) is 2. The van der Waals surface area contributed by atoms with Crippen molar-refractivity contribution in [2.45, 2.75) is 60.4 Å². The third kappa shape index (κ3) is 4.89. The summed E-state index contributed by atoms with van der Waals surface area (Å²) in [5.74, 6) is 1.70. The standard InChI is InChI=1S/C16H34N2/c1-7-8-17-11-16(5,6)12-18-10-13(2)9-14(3)15(18)4/h13-15,17H,7-12H2,1-6H3. The molecule has 0 aliphatic carbocycles. The average molecular weight is 254 g/mol. The van der Waals surface area contributed by atoms with Crippen molar-refractivity contribution >= 4 is 0 Å². The molecule has 0 amide bonds. The van der Waals surface area contributed by atoms with Crippen molar-refractivity contribution in [3.05, 3.63) is 0 Å². The number of piperidine rings is 1. The van der Waals surface area contributed by atoms with Crippen LogP contribution in [0.25, 0.3) is 0 Å². The molecule has 0 aromatic heterocycles. The van der Waals surface area contributed by atoms with Crippen LogP contribution in [0.15, 0.2) is 0 Å². The van der Waals surface area contributed by atoms with E-state index < -0.39 is 0 Å². The smallest absolute Gasteiger partial charge is 0.00930 e. The minimum absolute atomic E-state index is 0.375. The van der Waals surface area contributed by atoms with Gasteiger partial charge in [0.05, 0.1) is 0 Å². The second-order valence-corrected chi connectivity index (χ2v) is 7.33. The highest BCUT2D eigenvalue weighted by Crippen LogP contribution is 2.29. The first-order valence-corrected chi connectivity index (χ1v) is 7.80. The van der Waals surface area contributed by atoms with Crippen LogP contribution in [0.2, 0.25) is 0 Å². The Morgan fingerprint density at radius 3 is 2.50 bits per heavy atom. The number of hydrogen-bond donors (Lipinski definition) is 1. The lowest BCUT2D eigenvalue weighted by molar-refractivity contribution is 0.0461. The Morgan fingerprint density at radius 2 is 1.89 bits per heavy atom. The van der Waals surface area contributed by atoms with Gasteiger partial charge in [-0.3, -0.25) is 4.90 Å². The van der Waals surface area contributed by atoms with Gasteiger partial charge in [-0.15, -0.1) is 0 Å². The van der Waals surface area contributed by atoms with Gasteiger partial charge in [-0.25, -0.2) is 0 Å². The average Bonchev–Trinajstić information content (AvgIpc) is 2.25. The molecule has 2 nitrogen and oxygen atoms in total. The summed E-state index contributed by atoms with van der Waals surface area (Å²) in [6, 6.07) is 0.742. The lowest BCUT2D eigenvalue weighted by Crippen LogP contribution is -2.51. The largest absolute Gasteiger partial charge is 0.316 e. The zero-order chi connectivity index (χ0) is 13.8. The molecule has 0 saturated carbocycles. The zero-order valence-corrected chi connectivity index (χ0v) is 13.4. The molecule has 0 aromatic rings. The minimum atomic E-state index is 0.375. The molecular formula is C16H34N2. The number of likely N-dealkylation sites (tertiary alicyclic amines) is 1. The molecule has 1 N–H and O–H groups in total. The van der Waals surface area contributed by atoms with Crippen LogP contribution >= 0.6 is 0 Å². The molecule has 0 spiro atoms. The normalized spacial score (nSPS) is 30.7. The molecule has 0 radical (unpaired) electrons. The Hall–Kier alpha value is -0.0800. The molecular weight excluding hydrogens is 220 g/mol. The van der Waals surface area contributed by atoms with E-state index in [-0.39, 0.29) is 0 Å². The molecule has 18 heavy (non-hydrogen) atoms. The quantitative estimate of drug-likeness (QED) is 0.731. The van der Waals surface area contributed by atoms with E-state index in [9.17, 15) is 0 Å². The van der Waals surface area contributed by atoms with Gasteiger partial charge in [0.2, 0.25) is 0 Å². The summed E-state index contributed by atoms with van der Waals surface area (Å²) in [4.78, 5) is 2.71. The van der Waals surface area contributed by atoms with Gasteiger partial charge in [0, 0.05) is 25.7 Å². The molecule has 3 unspecified atom stereocenters. The fourth-order valence-corrected chi connectivity index (χ4v) is 3.25. The molecule has 0 aromatic carbocycles. The van der Waals surface area contributed by atoms with Crippen LogP contribution in [-0.4, -0.2) is 37.1 Å². The van der Waals surface area contributed by atoms with Crippen molar-refractivity contribution < 1.29 is 0 Å². The van der Waals surface area contributed by atoms with E-state index in [0.717, 1.165) is 31.0 Å². The third-order valence-corrected chi connectivity index (χ3v) is 4.38. The number of rotatable bonds is 6. The fourth-order valence-electron chi connectivity index (χ4n) is 3.25. The Bertz CT molecular complexity index is 237. The molecule has 1 saturated heterocycles. The maximum absolute atomic E-state index is 3.58. The van der Waals surface area contributed by atoms with Crippen molar-refractivity contribution in [1.82, 2.24) is 10.2 Å². The number of nitrogens with zero attached hydrogens (tertiary/aromatic N) is 1. The van der Waals surface area contributed by atoms with Gasteiger partial charge in [-0.1, -0.05) is 34.6 Å². The van der Waals surface area contributed by atoms with Gasteiger partial charge < -0.3 is 5.32 Å². The highest BCUT2D eigenvalue weighted by atomic mass is 15.2. The van der Waals surface area contributed by atoms with E-state index in [0.29, 0.717) is 5.41 Å². The Balaban J connectivity index is 2.48. The zero-order valence-electron chi connectivity index (χ0n) is 13.4. The third-order valence-electron chi connectivity index (χ3n) is 4.38. The van der Waals surface area contributed by atoms with E-state index in [1.54, 1.807) is 0 Å². The van der Waals surface area contributed by atoms with Crippen LogP contribution in [0.5, 0.6) is 0 Å². The van der Waals surface area contributed by atoms with Crippen LogP contribution in [0.4, 0.5) is 0 Å². The van der Waals surface area contributed by atoms with Crippen molar-refractivity contribution in [2.24, 2.45) is 17.3 Å². The Morgan fingerprint density at radius 1 is 1.22 bits per heavy atom. The lowest BCUT2D eigenvalue weighted by atomic mass is 9.83. The van der Waals surface area contributed by atoms with E-state index in [1.165, 1.54) is 25.9 Å². The first-order chi connectivity index (χ1) is 8.35. The molecule has 0 bridgehead atoms. The molecule has 1 aliphatic heterocycles. The van der Waals surface area contributed by atoms with Crippen LogP contribution in [0, 0.1) is 17.3 Å². The minimum Gasteiger partial charge on any atom is -0.316 e. The van der Waals surface area contributed by atoms with Gasteiger partial charge >= 0.3 is 0 Å². The van der Waals surface area contributed by atoms with E-state index in [4.69, 9.17) is 0 Å². The van der Waals surface area contributed by atoms with E-state index >= 15 is 0 Å². The summed E-state index contributed by atoms with van der Waals surface area (Å²) in [5, 5.41) is 3.58. The topological polar surface area (TPSA) is 15.3 Å². The molecule has 1 fully saturated rings. The molecule has 1 rings (SSSR count). The van der Waals surface area contributed by atoms with Crippen molar-refractivity contribution in [2.75, 3.05) is 26.2 Å². The van der Waals surface area contributed by atoms with Crippen molar-refractivity contribution in [3.8, 4) is 0 Å². The fraction of sp³-hybridized carbons (Fsp3) is 1.00. The molecule has 2 heteroatoms. The van der Waals surface area contributed by atoms with E-state index in [1.807, 2.05) is 0 Å². The van der Waals surface area contributed by atoms with Crippen LogP contribution in [-0.2, 0) is 0 Å². The predicted octanol–water partition coefficient (Wildman–Crippen LogP) is 3.38. The second-order valence-electron chi connectivity index (χ2n) is 7.33. The number of nitrogens with one attached hydrogen (secondary N) is 1. The molecule has 3 atom stereocenters. The second kappa shape index (κ2) is 6.91. The maximum atomic E-state index is 3.58. The Labute approximate surface area is 115 Å². The summed E-state index contributed by atoms with van der Waals surface area (Å²) in [6.07, 6.45) is 2.62.